The van der Waals surface area contributed by atoms with E-state index < -0.39 is 28.5 Å². The maximum atomic E-state index is 12.7. The van der Waals surface area contributed by atoms with Crippen molar-refractivity contribution in [3.05, 3.63) is 84.4 Å². The summed E-state index contributed by atoms with van der Waals surface area (Å²) in [5.41, 5.74) is 0.479. The average Bonchev–Trinajstić information content (AvgIpc) is 3.41. The minimum absolute atomic E-state index is 0.0280. The number of ether oxygens (including phenoxy) is 2. The van der Waals surface area contributed by atoms with Gasteiger partial charge in [0.05, 0.1) is 16.1 Å². The van der Waals surface area contributed by atoms with Crippen molar-refractivity contribution in [1.82, 2.24) is 4.31 Å². The third-order valence-electron chi connectivity index (χ3n) is 5.24. The summed E-state index contributed by atoms with van der Waals surface area (Å²) in [4.78, 5) is 24.9. The number of nitrogens with zero attached hydrogens (tertiary/aromatic N) is 1. The van der Waals surface area contributed by atoms with E-state index in [9.17, 15) is 18.0 Å². The van der Waals surface area contributed by atoms with Gasteiger partial charge in [-0.3, -0.25) is 4.79 Å². The van der Waals surface area contributed by atoms with Crippen LogP contribution in [0.2, 0.25) is 0 Å². The highest BCUT2D eigenvalue weighted by atomic mass is 32.2. The summed E-state index contributed by atoms with van der Waals surface area (Å²) < 4.78 is 37.8. The van der Waals surface area contributed by atoms with Gasteiger partial charge in [-0.05, 0) is 55.3 Å². The number of hydrogen-bond donors (Lipinski definition) is 1. The lowest BCUT2D eigenvalue weighted by atomic mass is 10.2. The van der Waals surface area contributed by atoms with Crippen LogP contribution in [0.4, 0.5) is 5.69 Å². The third-order valence-corrected chi connectivity index (χ3v) is 7.13. The van der Waals surface area contributed by atoms with Crippen LogP contribution < -0.4 is 10.1 Å². The van der Waals surface area contributed by atoms with Crippen molar-refractivity contribution in [2.75, 3.05) is 25.0 Å². The van der Waals surface area contributed by atoms with Crippen LogP contribution in [0.25, 0.3) is 0 Å². The van der Waals surface area contributed by atoms with Crippen molar-refractivity contribution in [2.24, 2.45) is 0 Å². The molecular formula is C25H24N2O6S. The second kappa shape index (κ2) is 10.5. The lowest BCUT2D eigenvalue weighted by molar-refractivity contribution is -0.119. The van der Waals surface area contributed by atoms with Crippen LogP contribution >= 0.6 is 0 Å². The van der Waals surface area contributed by atoms with Gasteiger partial charge in [-0.1, -0.05) is 36.4 Å². The molecule has 34 heavy (non-hydrogen) atoms. The van der Waals surface area contributed by atoms with Gasteiger partial charge in [0, 0.05) is 13.1 Å². The van der Waals surface area contributed by atoms with Gasteiger partial charge in [0.1, 0.15) is 5.75 Å². The molecule has 9 heteroatoms. The van der Waals surface area contributed by atoms with E-state index in [1.807, 2.05) is 18.2 Å². The van der Waals surface area contributed by atoms with E-state index in [4.69, 9.17) is 9.47 Å². The molecule has 176 valence electrons. The summed E-state index contributed by atoms with van der Waals surface area (Å²) in [5, 5.41) is 2.67. The molecule has 0 aromatic heterocycles. The normalized spacial score (nSPS) is 13.9. The molecule has 3 aromatic rings. The standard InChI is InChI=1S/C25H24N2O6S/c28-24(26-22-13-4-5-14-23(22)33-20-10-2-1-3-11-20)18-32-25(29)19-9-8-12-21(17-19)34(30,31)27-15-6-7-16-27/h1-5,8-14,17H,6-7,15-16,18H2,(H,26,28). The monoisotopic (exact) mass is 480 g/mol. The van der Waals surface area contributed by atoms with E-state index in [1.165, 1.54) is 28.6 Å². The highest BCUT2D eigenvalue weighted by molar-refractivity contribution is 7.89. The molecule has 8 nitrogen and oxygen atoms in total. The largest absolute Gasteiger partial charge is 0.455 e. The summed E-state index contributed by atoms with van der Waals surface area (Å²) >= 11 is 0. The Hall–Kier alpha value is -3.69. The van der Waals surface area contributed by atoms with E-state index in [0.717, 1.165) is 12.8 Å². The molecule has 4 rings (SSSR count). The number of nitrogens with one attached hydrogen (secondary N) is 1. The number of esters is 1. The Morgan fingerprint density at radius 1 is 0.882 bits per heavy atom. The number of benzene rings is 3. The molecule has 0 radical (unpaired) electrons. The van der Waals surface area contributed by atoms with E-state index in [-0.39, 0.29) is 10.5 Å². The Morgan fingerprint density at radius 2 is 1.59 bits per heavy atom. The van der Waals surface area contributed by atoms with E-state index in [2.05, 4.69) is 5.32 Å². The first kappa shape index (κ1) is 23.5. The molecule has 0 unspecified atom stereocenters. The smallest absolute Gasteiger partial charge is 0.338 e. The van der Waals surface area contributed by atoms with E-state index in [0.29, 0.717) is 30.3 Å². The Labute approximate surface area is 198 Å². The number of carbonyl (C=O) groups is 2. The maximum Gasteiger partial charge on any atom is 0.338 e. The maximum absolute atomic E-state index is 12.7. The number of carbonyl (C=O) groups excluding carboxylic acids is 2. The second-order valence-electron chi connectivity index (χ2n) is 7.67. The first-order valence-electron chi connectivity index (χ1n) is 10.8. The molecule has 0 aliphatic carbocycles. The lowest BCUT2D eigenvalue weighted by Crippen LogP contribution is -2.28. The topological polar surface area (TPSA) is 102 Å². The number of rotatable bonds is 8. The lowest BCUT2D eigenvalue weighted by Gasteiger charge is -2.16. The number of anilines is 1. The molecule has 1 saturated heterocycles. The second-order valence-corrected chi connectivity index (χ2v) is 9.61. The summed E-state index contributed by atoms with van der Waals surface area (Å²) in [6.45, 7) is 0.390. The summed E-state index contributed by atoms with van der Waals surface area (Å²) in [6, 6.07) is 21.7. The van der Waals surface area contributed by atoms with Crippen LogP contribution in [0.3, 0.4) is 0 Å². The van der Waals surface area contributed by atoms with Crippen molar-refractivity contribution in [2.45, 2.75) is 17.7 Å². The van der Waals surface area contributed by atoms with Crippen molar-refractivity contribution < 1.29 is 27.5 Å². The van der Waals surface area contributed by atoms with Gasteiger partial charge in [0.15, 0.2) is 12.4 Å². The molecule has 1 heterocycles. The zero-order chi connectivity index (χ0) is 24.0. The van der Waals surface area contributed by atoms with Crippen molar-refractivity contribution >= 4 is 27.6 Å². The van der Waals surface area contributed by atoms with Crippen molar-refractivity contribution in [3.63, 3.8) is 0 Å². The molecule has 1 amide bonds. The summed E-state index contributed by atoms with van der Waals surface area (Å²) in [6.07, 6.45) is 1.63. The van der Waals surface area contributed by atoms with Crippen LogP contribution in [-0.4, -0.2) is 44.3 Å². The molecule has 0 bridgehead atoms. The van der Waals surface area contributed by atoms with Gasteiger partial charge in [0.2, 0.25) is 10.0 Å². The summed E-state index contributed by atoms with van der Waals surface area (Å²) in [7, 11) is -3.66. The molecule has 1 aliphatic heterocycles. The highest BCUT2D eigenvalue weighted by Crippen LogP contribution is 2.29. The summed E-state index contributed by atoms with van der Waals surface area (Å²) in [5.74, 6) is -0.298. The van der Waals surface area contributed by atoms with E-state index in [1.54, 1.807) is 36.4 Å². The Kier molecular flexibility index (Phi) is 7.24. The van der Waals surface area contributed by atoms with Gasteiger partial charge in [0.25, 0.3) is 5.91 Å². The van der Waals surface area contributed by atoms with Crippen LogP contribution in [-0.2, 0) is 19.6 Å². The zero-order valence-electron chi connectivity index (χ0n) is 18.3. The fourth-order valence-corrected chi connectivity index (χ4v) is 5.10. The van der Waals surface area contributed by atoms with Gasteiger partial charge >= 0.3 is 5.97 Å². The minimum atomic E-state index is -3.66. The average molecular weight is 481 g/mol. The van der Waals surface area contributed by atoms with Crippen LogP contribution in [0, 0.1) is 0 Å². The Balaban J connectivity index is 1.37. The Bertz CT molecular complexity index is 1270. The number of para-hydroxylation sites is 3. The molecule has 0 atom stereocenters. The van der Waals surface area contributed by atoms with Crippen LogP contribution in [0.5, 0.6) is 11.5 Å². The minimum Gasteiger partial charge on any atom is -0.455 e. The first-order valence-corrected chi connectivity index (χ1v) is 12.3. The molecule has 0 saturated carbocycles. The van der Waals surface area contributed by atoms with E-state index >= 15 is 0 Å². The number of sulfonamides is 1. The molecular weight excluding hydrogens is 456 g/mol. The fourth-order valence-electron chi connectivity index (χ4n) is 3.54. The first-order chi connectivity index (χ1) is 16.4. The molecule has 1 N–H and O–H groups in total. The van der Waals surface area contributed by atoms with Crippen LogP contribution in [0.15, 0.2) is 83.8 Å². The third kappa shape index (κ3) is 5.62. The van der Waals surface area contributed by atoms with Gasteiger partial charge < -0.3 is 14.8 Å². The zero-order valence-corrected chi connectivity index (χ0v) is 19.2. The van der Waals surface area contributed by atoms with Gasteiger partial charge in [-0.2, -0.15) is 4.31 Å². The molecule has 0 spiro atoms. The quantitative estimate of drug-likeness (QED) is 0.488. The van der Waals surface area contributed by atoms with Gasteiger partial charge in [-0.15, -0.1) is 0 Å². The van der Waals surface area contributed by atoms with Crippen molar-refractivity contribution in [1.29, 1.82) is 0 Å². The molecule has 1 fully saturated rings. The molecule has 3 aromatic carbocycles. The number of hydrogen-bond acceptors (Lipinski definition) is 6. The SMILES string of the molecule is O=C(COC(=O)c1cccc(S(=O)(=O)N2CCCC2)c1)Nc1ccccc1Oc1ccccc1. The van der Waals surface area contributed by atoms with Crippen LogP contribution in [0.1, 0.15) is 23.2 Å². The predicted octanol–water partition coefficient (Wildman–Crippen LogP) is 4.06. The fraction of sp³-hybridized carbons (Fsp3) is 0.200. The molecule has 1 aliphatic rings. The number of amides is 1. The Morgan fingerprint density at radius 3 is 2.35 bits per heavy atom. The predicted molar refractivity (Wildman–Crippen MR) is 126 cm³/mol. The van der Waals surface area contributed by atoms with Gasteiger partial charge in [-0.25, -0.2) is 13.2 Å². The highest BCUT2D eigenvalue weighted by Gasteiger charge is 2.27. The van der Waals surface area contributed by atoms with Crippen molar-refractivity contribution in [3.8, 4) is 11.5 Å².